The van der Waals surface area contributed by atoms with Crippen LogP contribution in [0.2, 0.25) is 0 Å². The number of methoxy groups -OCH3 is 1. The summed E-state index contributed by atoms with van der Waals surface area (Å²) in [6, 6.07) is 13.1. The number of amides is 3. The Kier molecular flexibility index (Phi) is 6.44. The SMILES string of the molecule is CCc1ccccc1N1CC(C(=O)Nc2ccc(OC)c(N3CCCCC3=O)c2)CC1=O. The van der Waals surface area contributed by atoms with Gasteiger partial charge in [0.1, 0.15) is 5.75 Å². The van der Waals surface area contributed by atoms with Crippen LogP contribution in [0.4, 0.5) is 17.1 Å². The highest BCUT2D eigenvalue weighted by Gasteiger charge is 2.36. The van der Waals surface area contributed by atoms with Gasteiger partial charge in [0.15, 0.2) is 0 Å². The Hall–Kier alpha value is -3.35. The summed E-state index contributed by atoms with van der Waals surface area (Å²) in [6.07, 6.45) is 3.34. The first kappa shape index (κ1) is 21.9. The Bertz CT molecular complexity index is 1040. The molecule has 2 aromatic carbocycles. The average Bonchev–Trinajstić information content (AvgIpc) is 3.21. The average molecular weight is 436 g/mol. The molecular formula is C25H29N3O4. The third-order valence-corrected chi connectivity index (χ3v) is 6.22. The minimum Gasteiger partial charge on any atom is -0.495 e. The lowest BCUT2D eigenvalue weighted by atomic mass is 10.1. The van der Waals surface area contributed by atoms with E-state index in [2.05, 4.69) is 12.2 Å². The van der Waals surface area contributed by atoms with Crippen LogP contribution in [0.3, 0.4) is 0 Å². The zero-order valence-electron chi connectivity index (χ0n) is 18.6. The van der Waals surface area contributed by atoms with E-state index in [4.69, 9.17) is 4.74 Å². The highest BCUT2D eigenvalue weighted by Crippen LogP contribution is 2.34. The number of aryl methyl sites for hydroxylation is 1. The van der Waals surface area contributed by atoms with Gasteiger partial charge in [-0.1, -0.05) is 25.1 Å². The minimum absolute atomic E-state index is 0.0413. The van der Waals surface area contributed by atoms with Crippen LogP contribution in [-0.2, 0) is 20.8 Å². The zero-order valence-corrected chi connectivity index (χ0v) is 18.6. The van der Waals surface area contributed by atoms with Crippen LogP contribution in [-0.4, -0.2) is 37.9 Å². The molecule has 0 aromatic heterocycles. The molecule has 4 rings (SSSR count). The second-order valence-electron chi connectivity index (χ2n) is 8.27. The number of hydrogen-bond acceptors (Lipinski definition) is 4. The fraction of sp³-hybridized carbons (Fsp3) is 0.400. The predicted molar refractivity (Wildman–Crippen MR) is 124 cm³/mol. The number of rotatable bonds is 6. The van der Waals surface area contributed by atoms with Gasteiger partial charge in [-0.2, -0.15) is 0 Å². The lowest BCUT2D eigenvalue weighted by Crippen LogP contribution is -2.35. The maximum Gasteiger partial charge on any atom is 0.229 e. The van der Waals surface area contributed by atoms with E-state index in [1.807, 2.05) is 24.3 Å². The molecule has 2 aliphatic rings. The standard InChI is InChI=1S/C25H29N3O4/c1-3-17-8-4-5-9-20(17)28-16-18(14-24(28)30)25(31)26-19-11-12-22(32-2)21(15-19)27-13-7-6-10-23(27)29/h4-5,8-9,11-12,15,18H,3,6-7,10,13-14,16H2,1-2H3,(H,26,31). The number of ether oxygens (including phenoxy) is 1. The van der Waals surface area contributed by atoms with Gasteiger partial charge in [-0.25, -0.2) is 0 Å². The van der Waals surface area contributed by atoms with E-state index in [1.165, 1.54) is 0 Å². The molecule has 0 saturated carbocycles. The number of nitrogens with zero attached hydrogens (tertiary/aromatic N) is 2. The lowest BCUT2D eigenvalue weighted by molar-refractivity contribution is -0.122. The molecule has 1 atom stereocenters. The molecule has 0 radical (unpaired) electrons. The van der Waals surface area contributed by atoms with Crippen LogP contribution >= 0.6 is 0 Å². The summed E-state index contributed by atoms with van der Waals surface area (Å²) in [7, 11) is 1.57. The second kappa shape index (κ2) is 9.42. The van der Waals surface area contributed by atoms with Gasteiger partial charge in [0.2, 0.25) is 17.7 Å². The van der Waals surface area contributed by atoms with E-state index in [9.17, 15) is 14.4 Å². The van der Waals surface area contributed by atoms with E-state index in [-0.39, 0.29) is 24.1 Å². The van der Waals surface area contributed by atoms with Crippen molar-refractivity contribution in [3.63, 3.8) is 0 Å². The smallest absolute Gasteiger partial charge is 0.229 e. The van der Waals surface area contributed by atoms with Crippen LogP contribution < -0.4 is 19.9 Å². The summed E-state index contributed by atoms with van der Waals surface area (Å²) in [6.45, 7) is 3.04. The van der Waals surface area contributed by atoms with Crippen LogP contribution in [0.1, 0.15) is 38.2 Å². The summed E-state index contributed by atoms with van der Waals surface area (Å²) in [5, 5.41) is 2.94. The van der Waals surface area contributed by atoms with Crippen molar-refractivity contribution in [3.05, 3.63) is 48.0 Å². The quantitative estimate of drug-likeness (QED) is 0.749. The van der Waals surface area contributed by atoms with Crippen LogP contribution in [0, 0.1) is 5.92 Å². The summed E-state index contributed by atoms with van der Waals surface area (Å²) in [5.41, 5.74) is 3.22. The first-order valence-corrected chi connectivity index (χ1v) is 11.2. The molecule has 7 heteroatoms. The van der Waals surface area contributed by atoms with Crippen molar-refractivity contribution < 1.29 is 19.1 Å². The Morgan fingerprint density at radius 3 is 2.62 bits per heavy atom. The highest BCUT2D eigenvalue weighted by molar-refractivity contribution is 6.04. The number of anilines is 3. The Labute approximate surface area is 188 Å². The highest BCUT2D eigenvalue weighted by atomic mass is 16.5. The molecule has 0 spiro atoms. The van der Waals surface area contributed by atoms with Gasteiger partial charge >= 0.3 is 0 Å². The lowest BCUT2D eigenvalue weighted by Gasteiger charge is -2.28. The molecule has 2 aliphatic heterocycles. The monoisotopic (exact) mass is 435 g/mol. The van der Waals surface area contributed by atoms with Crippen molar-refractivity contribution in [1.82, 2.24) is 0 Å². The molecule has 0 bridgehead atoms. The van der Waals surface area contributed by atoms with Crippen molar-refractivity contribution in [1.29, 1.82) is 0 Å². The van der Waals surface area contributed by atoms with Crippen LogP contribution in [0.15, 0.2) is 42.5 Å². The number of carbonyl (C=O) groups is 3. The van der Waals surface area contributed by atoms with E-state index in [0.29, 0.717) is 36.6 Å². The normalized spacial score (nSPS) is 18.8. The molecule has 32 heavy (non-hydrogen) atoms. The van der Waals surface area contributed by atoms with Crippen LogP contribution in [0.25, 0.3) is 0 Å². The van der Waals surface area contributed by atoms with Crippen molar-refractivity contribution in [2.45, 2.75) is 39.0 Å². The molecule has 1 N–H and O–H groups in total. The van der Waals surface area contributed by atoms with Crippen molar-refractivity contribution in [2.75, 3.05) is 35.3 Å². The van der Waals surface area contributed by atoms with E-state index in [0.717, 1.165) is 30.5 Å². The van der Waals surface area contributed by atoms with Gasteiger partial charge in [0.05, 0.1) is 18.7 Å². The molecular weight excluding hydrogens is 406 g/mol. The maximum atomic E-state index is 13.0. The summed E-state index contributed by atoms with van der Waals surface area (Å²) < 4.78 is 5.45. The first-order valence-electron chi connectivity index (χ1n) is 11.2. The fourth-order valence-electron chi connectivity index (χ4n) is 4.47. The molecule has 3 amide bonds. The molecule has 2 aromatic rings. The molecule has 168 valence electrons. The molecule has 0 aliphatic carbocycles. The van der Waals surface area contributed by atoms with Gasteiger partial charge in [-0.3, -0.25) is 14.4 Å². The summed E-state index contributed by atoms with van der Waals surface area (Å²) >= 11 is 0. The van der Waals surface area contributed by atoms with E-state index < -0.39 is 5.92 Å². The largest absolute Gasteiger partial charge is 0.495 e. The fourth-order valence-corrected chi connectivity index (χ4v) is 4.47. The summed E-state index contributed by atoms with van der Waals surface area (Å²) in [4.78, 5) is 41.5. The number of hydrogen-bond donors (Lipinski definition) is 1. The van der Waals surface area contributed by atoms with Gasteiger partial charge in [-0.15, -0.1) is 0 Å². The van der Waals surface area contributed by atoms with Gasteiger partial charge in [-0.05, 0) is 49.1 Å². The topological polar surface area (TPSA) is 79.0 Å². The number of nitrogens with one attached hydrogen (secondary N) is 1. The molecule has 1 unspecified atom stereocenters. The Morgan fingerprint density at radius 2 is 1.88 bits per heavy atom. The molecule has 7 nitrogen and oxygen atoms in total. The molecule has 2 fully saturated rings. The maximum absolute atomic E-state index is 13.0. The van der Waals surface area contributed by atoms with Crippen molar-refractivity contribution in [2.24, 2.45) is 5.92 Å². The minimum atomic E-state index is -0.436. The molecule has 2 saturated heterocycles. The van der Waals surface area contributed by atoms with Gasteiger partial charge in [0.25, 0.3) is 0 Å². The number of para-hydroxylation sites is 1. The van der Waals surface area contributed by atoms with E-state index in [1.54, 1.807) is 35.1 Å². The third kappa shape index (κ3) is 4.33. The number of piperidine rings is 1. The third-order valence-electron chi connectivity index (χ3n) is 6.22. The second-order valence-corrected chi connectivity index (χ2v) is 8.27. The zero-order chi connectivity index (χ0) is 22.7. The van der Waals surface area contributed by atoms with E-state index >= 15 is 0 Å². The van der Waals surface area contributed by atoms with Crippen molar-refractivity contribution >= 4 is 34.8 Å². The van der Waals surface area contributed by atoms with Gasteiger partial charge < -0.3 is 19.9 Å². The van der Waals surface area contributed by atoms with Crippen LogP contribution in [0.5, 0.6) is 5.75 Å². The molecule has 2 heterocycles. The number of carbonyl (C=O) groups excluding carboxylic acids is 3. The Balaban J connectivity index is 1.50. The predicted octanol–water partition coefficient (Wildman–Crippen LogP) is 3.77. The van der Waals surface area contributed by atoms with Crippen molar-refractivity contribution in [3.8, 4) is 5.75 Å². The Morgan fingerprint density at radius 1 is 1.06 bits per heavy atom. The number of benzene rings is 2. The first-order chi connectivity index (χ1) is 15.5. The van der Waals surface area contributed by atoms with Gasteiger partial charge in [0, 0.05) is 37.3 Å². The summed E-state index contributed by atoms with van der Waals surface area (Å²) in [5.74, 6) is -0.0211.